The Kier molecular flexibility index (Phi) is 6.36. The number of primary amides is 1. The molecule has 0 spiro atoms. The van der Waals surface area contributed by atoms with Crippen LogP contribution in [-0.2, 0) is 11.8 Å². The van der Waals surface area contributed by atoms with E-state index >= 15 is 0 Å². The van der Waals surface area contributed by atoms with Crippen molar-refractivity contribution in [3.8, 4) is 17.3 Å². The molecule has 1 aromatic carbocycles. The Labute approximate surface area is 228 Å². The molecular formula is C25H27Cl2N9O2. The molecule has 3 aromatic heterocycles. The van der Waals surface area contributed by atoms with Gasteiger partial charge >= 0.3 is 6.09 Å². The van der Waals surface area contributed by atoms with Gasteiger partial charge in [0, 0.05) is 25.7 Å². The predicted molar refractivity (Wildman–Crippen MR) is 145 cm³/mol. The molecule has 1 aliphatic heterocycles. The number of aromatic amines is 1. The number of halogens is 2. The maximum absolute atomic E-state index is 11.3. The van der Waals surface area contributed by atoms with Crippen molar-refractivity contribution in [3.63, 3.8) is 0 Å². The fourth-order valence-corrected chi connectivity index (χ4v) is 6.12. The number of hydrogen-bond acceptors (Lipinski definition) is 8. The van der Waals surface area contributed by atoms with Gasteiger partial charge in [0.15, 0.2) is 11.3 Å². The third-order valence-electron chi connectivity index (χ3n) is 7.13. The first-order valence-electron chi connectivity index (χ1n) is 12.1. The molecule has 11 nitrogen and oxygen atoms in total. The van der Waals surface area contributed by atoms with Crippen molar-refractivity contribution in [2.24, 2.45) is 18.2 Å². The second-order valence-corrected chi connectivity index (χ2v) is 11.4. The van der Waals surface area contributed by atoms with E-state index in [1.165, 1.54) is 0 Å². The minimum atomic E-state index is -0.773. The normalized spacial score (nSPS) is 15.7. The lowest BCUT2D eigenvalue weighted by Gasteiger charge is -2.43. The molecule has 1 amide bonds. The van der Waals surface area contributed by atoms with Crippen LogP contribution in [-0.4, -0.2) is 54.7 Å². The number of piperidine rings is 1. The van der Waals surface area contributed by atoms with Crippen LogP contribution in [0.15, 0.2) is 12.1 Å². The molecule has 13 heteroatoms. The molecule has 4 aromatic rings. The third-order valence-corrected chi connectivity index (χ3v) is 7.95. The quantitative estimate of drug-likeness (QED) is 0.350. The number of rotatable bonds is 5. The standard InChI is InChI=1S/C25H27Cl2N9O2/c1-24(2,38-22(29)37)12-25(3)7-9-36(10-8-25)23-30-15(11-28)17-19(32-33-21(17)31-23)13-5-6-14-16(18(13)26)20(27)35(4)34-14/h5-6H,7-10,12H2,1-4H3,(H2,29,37)(H,30,31,32,33). The van der Waals surface area contributed by atoms with Gasteiger partial charge in [0.05, 0.1) is 27.0 Å². The molecule has 0 aliphatic carbocycles. The number of H-pyrrole nitrogens is 1. The summed E-state index contributed by atoms with van der Waals surface area (Å²) in [7, 11) is 1.74. The van der Waals surface area contributed by atoms with Crippen molar-refractivity contribution < 1.29 is 9.53 Å². The molecule has 3 N–H and O–H groups in total. The van der Waals surface area contributed by atoms with Gasteiger partial charge in [-0.25, -0.2) is 9.78 Å². The number of nitrogens with zero attached hydrogens (tertiary/aromatic N) is 7. The van der Waals surface area contributed by atoms with Crippen molar-refractivity contribution >= 4 is 57.2 Å². The highest BCUT2D eigenvalue weighted by Crippen LogP contribution is 2.42. The van der Waals surface area contributed by atoms with E-state index in [1.807, 2.05) is 30.9 Å². The van der Waals surface area contributed by atoms with E-state index in [4.69, 9.17) is 33.7 Å². The molecule has 5 rings (SSSR count). The summed E-state index contributed by atoms with van der Waals surface area (Å²) in [6.07, 6.45) is 1.56. The third kappa shape index (κ3) is 4.59. The summed E-state index contributed by atoms with van der Waals surface area (Å²) < 4.78 is 6.86. The van der Waals surface area contributed by atoms with E-state index in [-0.39, 0.29) is 11.1 Å². The summed E-state index contributed by atoms with van der Waals surface area (Å²) in [5, 5.41) is 23.7. The fraction of sp³-hybridized carbons (Fsp3) is 0.440. The molecule has 0 atom stereocenters. The molecule has 0 unspecified atom stereocenters. The minimum Gasteiger partial charge on any atom is -0.444 e. The van der Waals surface area contributed by atoms with Crippen molar-refractivity contribution in [2.75, 3.05) is 18.0 Å². The Morgan fingerprint density at radius 1 is 1.26 bits per heavy atom. The first-order valence-corrected chi connectivity index (χ1v) is 12.9. The number of nitrogens with two attached hydrogens (primary N) is 1. The van der Waals surface area contributed by atoms with Gasteiger partial charge in [0.25, 0.3) is 0 Å². The van der Waals surface area contributed by atoms with Crippen LogP contribution in [0.1, 0.15) is 45.7 Å². The van der Waals surface area contributed by atoms with Crippen molar-refractivity contribution in [1.29, 1.82) is 5.26 Å². The lowest BCUT2D eigenvalue weighted by Crippen LogP contribution is -2.44. The van der Waals surface area contributed by atoms with Crippen LogP contribution in [0.4, 0.5) is 10.7 Å². The molecule has 1 saturated heterocycles. The first kappa shape index (κ1) is 26.0. The van der Waals surface area contributed by atoms with Crippen LogP contribution in [0.5, 0.6) is 0 Å². The van der Waals surface area contributed by atoms with Gasteiger partial charge in [0.1, 0.15) is 16.8 Å². The first-order chi connectivity index (χ1) is 17.9. The second-order valence-electron chi connectivity index (χ2n) is 10.7. The number of hydrogen-bond donors (Lipinski definition) is 2. The number of carbonyl (C=O) groups is 1. The van der Waals surface area contributed by atoms with E-state index in [1.54, 1.807) is 11.7 Å². The average Bonchev–Trinajstić information content (AvgIpc) is 3.38. The number of nitriles is 1. The monoisotopic (exact) mass is 555 g/mol. The fourth-order valence-electron chi connectivity index (χ4n) is 5.50. The van der Waals surface area contributed by atoms with Crippen molar-refractivity contribution in [3.05, 3.63) is 28.0 Å². The summed E-state index contributed by atoms with van der Waals surface area (Å²) in [5.41, 5.74) is 6.92. The largest absolute Gasteiger partial charge is 0.444 e. The predicted octanol–water partition coefficient (Wildman–Crippen LogP) is 4.96. The van der Waals surface area contributed by atoms with Crippen LogP contribution in [0.25, 0.3) is 33.2 Å². The number of benzene rings is 1. The molecule has 0 saturated carbocycles. The van der Waals surface area contributed by atoms with Gasteiger partial charge in [-0.2, -0.15) is 20.4 Å². The number of anilines is 1. The number of carbonyl (C=O) groups excluding carboxylic acids is 1. The Bertz CT molecular complexity index is 1610. The van der Waals surface area contributed by atoms with Crippen LogP contribution in [0, 0.1) is 16.7 Å². The molecule has 38 heavy (non-hydrogen) atoms. The van der Waals surface area contributed by atoms with Gasteiger partial charge in [-0.15, -0.1) is 0 Å². The average molecular weight is 556 g/mol. The maximum Gasteiger partial charge on any atom is 0.405 e. The summed E-state index contributed by atoms with van der Waals surface area (Å²) in [6.45, 7) is 7.27. The number of aromatic nitrogens is 6. The highest BCUT2D eigenvalue weighted by Gasteiger charge is 2.38. The van der Waals surface area contributed by atoms with Crippen LogP contribution in [0.2, 0.25) is 10.2 Å². The van der Waals surface area contributed by atoms with Crippen molar-refractivity contribution in [1.82, 2.24) is 29.9 Å². The number of fused-ring (bicyclic) bond motifs is 2. The SMILES string of the molecule is Cn1nc2ccc(-c3[nH]nc4nc(N5CCC(C)(CC(C)(C)OC(N)=O)CC5)nc(C#N)c34)c(Cl)c2c1Cl. The van der Waals surface area contributed by atoms with Gasteiger partial charge in [-0.3, -0.25) is 9.78 Å². The van der Waals surface area contributed by atoms with Crippen molar-refractivity contribution in [2.45, 2.75) is 45.6 Å². The van der Waals surface area contributed by atoms with E-state index < -0.39 is 11.7 Å². The van der Waals surface area contributed by atoms with E-state index in [0.29, 0.717) is 68.8 Å². The number of ether oxygens (including phenoxy) is 1. The van der Waals surface area contributed by atoms with Crippen LogP contribution in [0.3, 0.4) is 0 Å². The van der Waals surface area contributed by atoms with Gasteiger partial charge < -0.3 is 15.4 Å². The zero-order valence-corrected chi connectivity index (χ0v) is 23.0. The van der Waals surface area contributed by atoms with Gasteiger partial charge in [-0.05, 0) is 50.7 Å². The highest BCUT2D eigenvalue weighted by atomic mass is 35.5. The molecule has 4 heterocycles. The van der Waals surface area contributed by atoms with Crippen LogP contribution >= 0.6 is 23.2 Å². The van der Waals surface area contributed by atoms with E-state index in [0.717, 1.165) is 12.8 Å². The van der Waals surface area contributed by atoms with Gasteiger partial charge in [-0.1, -0.05) is 30.1 Å². The Morgan fingerprint density at radius 2 is 1.97 bits per heavy atom. The molecule has 1 aliphatic rings. The molecule has 1 fully saturated rings. The Morgan fingerprint density at radius 3 is 2.63 bits per heavy atom. The van der Waals surface area contributed by atoms with Crippen LogP contribution < -0.4 is 10.6 Å². The summed E-state index contributed by atoms with van der Waals surface area (Å²) in [5.74, 6) is 0.443. The summed E-state index contributed by atoms with van der Waals surface area (Å²) in [4.78, 5) is 22.6. The topological polar surface area (TPSA) is 152 Å². The number of aryl methyl sites for hydroxylation is 1. The molecular weight excluding hydrogens is 529 g/mol. The zero-order valence-electron chi connectivity index (χ0n) is 21.5. The lowest BCUT2D eigenvalue weighted by molar-refractivity contribution is 0.00147. The lowest BCUT2D eigenvalue weighted by atomic mass is 9.73. The summed E-state index contributed by atoms with van der Waals surface area (Å²) >= 11 is 13.2. The van der Waals surface area contributed by atoms with Gasteiger partial charge in [0.2, 0.25) is 5.95 Å². The smallest absolute Gasteiger partial charge is 0.405 e. The zero-order chi connectivity index (χ0) is 27.4. The Balaban J connectivity index is 1.45. The van der Waals surface area contributed by atoms with E-state index in [9.17, 15) is 10.1 Å². The highest BCUT2D eigenvalue weighted by molar-refractivity contribution is 6.43. The second kappa shape index (κ2) is 9.29. The van der Waals surface area contributed by atoms with E-state index in [2.05, 4.69) is 38.3 Å². The molecule has 0 radical (unpaired) electrons. The molecule has 0 bridgehead atoms. The minimum absolute atomic E-state index is 0.0555. The number of amides is 1. The maximum atomic E-state index is 11.3. The molecule has 198 valence electrons. The summed E-state index contributed by atoms with van der Waals surface area (Å²) in [6, 6.07) is 5.83. The number of nitrogens with one attached hydrogen (secondary N) is 1. The Hall–Kier alpha value is -3.62.